The SMILES string of the molecule is O=C(Cl)N1CCN(c2cc(C(=O)N3CCCCC3)ccc2Cl)CC1. The van der Waals surface area contributed by atoms with Gasteiger partial charge >= 0.3 is 5.37 Å². The lowest BCUT2D eigenvalue weighted by molar-refractivity contribution is 0.0724. The fourth-order valence-electron chi connectivity index (χ4n) is 3.29. The summed E-state index contributed by atoms with van der Waals surface area (Å²) in [6.45, 7) is 4.08. The number of rotatable bonds is 2. The van der Waals surface area contributed by atoms with E-state index in [0.29, 0.717) is 36.8 Å². The number of hydrogen-bond donors (Lipinski definition) is 0. The van der Waals surface area contributed by atoms with Crippen molar-refractivity contribution in [1.82, 2.24) is 9.80 Å². The Labute approximate surface area is 152 Å². The smallest absolute Gasteiger partial charge is 0.316 e. The van der Waals surface area contributed by atoms with Crippen LogP contribution in [-0.2, 0) is 0 Å². The molecule has 1 aromatic carbocycles. The van der Waals surface area contributed by atoms with Gasteiger partial charge in [-0.15, -0.1) is 0 Å². The standard InChI is InChI=1S/C17H21Cl2N3O2/c18-14-5-4-13(16(23)21-6-2-1-3-7-21)12-15(14)20-8-10-22(11-9-20)17(19)24/h4-5,12H,1-3,6-11H2. The van der Waals surface area contributed by atoms with Crippen molar-refractivity contribution in [2.75, 3.05) is 44.2 Å². The van der Waals surface area contributed by atoms with Gasteiger partial charge in [-0.1, -0.05) is 11.6 Å². The minimum absolute atomic E-state index is 0.0715. The van der Waals surface area contributed by atoms with Crippen molar-refractivity contribution in [3.8, 4) is 0 Å². The molecule has 1 aromatic rings. The third kappa shape index (κ3) is 3.78. The second-order valence-corrected chi connectivity index (χ2v) is 6.98. The third-order valence-corrected chi connectivity index (χ3v) is 5.26. The predicted octanol–water partition coefficient (Wildman–Crippen LogP) is 3.45. The molecule has 130 valence electrons. The highest BCUT2D eigenvalue weighted by Gasteiger charge is 2.23. The first kappa shape index (κ1) is 17.4. The van der Waals surface area contributed by atoms with Crippen LogP contribution in [0.3, 0.4) is 0 Å². The van der Waals surface area contributed by atoms with E-state index in [1.165, 1.54) is 6.42 Å². The number of piperidine rings is 1. The summed E-state index contributed by atoms with van der Waals surface area (Å²) < 4.78 is 0. The highest BCUT2D eigenvalue weighted by atomic mass is 35.5. The maximum Gasteiger partial charge on any atom is 0.316 e. The van der Waals surface area contributed by atoms with Crippen molar-refractivity contribution < 1.29 is 9.59 Å². The van der Waals surface area contributed by atoms with Crippen LogP contribution in [0.4, 0.5) is 10.5 Å². The molecule has 0 N–H and O–H groups in total. The first-order valence-electron chi connectivity index (χ1n) is 8.34. The molecule has 0 saturated carbocycles. The van der Waals surface area contributed by atoms with Crippen LogP contribution >= 0.6 is 23.2 Å². The molecular formula is C17H21Cl2N3O2. The number of amides is 2. The summed E-state index contributed by atoms with van der Waals surface area (Å²) in [4.78, 5) is 29.5. The van der Waals surface area contributed by atoms with Gasteiger partial charge in [0.15, 0.2) is 0 Å². The van der Waals surface area contributed by atoms with E-state index >= 15 is 0 Å². The predicted molar refractivity (Wildman–Crippen MR) is 96.2 cm³/mol. The first-order valence-corrected chi connectivity index (χ1v) is 9.10. The fraction of sp³-hybridized carbons (Fsp3) is 0.529. The number of anilines is 1. The molecule has 0 aliphatic carbocycles. The molecule has 0 unspecified atom stereocenters. The highest BCUT2D eigenvalue weighted by molar-refractivity contribution is 6.62. The molecule has 2 heterocycles. The Morgan fingerprint density at radius 2 is 1.54 bits per heavy atom. The molecule has 0 atom stereocenters. The number of nitrogens with zero attached hydrogens (tertiary/aromatic N) is 3. The topological polar surface area (TPSA) is 43.9 Å². The van der Waals surface area contributed by atoms with E-state index in [9.17, 15) is 9.59 Å². The molecule has 2 fully saturated rings. The number of carbonyl (C=O) groups excluding carboxylic acids is 2. The average Bonchev–Trinajstić information content (AvgIpc) is 2.62. The molecule has 7 heteroatoms. The van der Waals surface area contributed by atoms with Gasteiger partial charge in [0.05, 0.1) is 10.7 Å². The maximum atomic E-state index is 12.7. The largest absolute Gasteiger partial charge is 0.367 e. The number of hydrogen-bond acceptors (Lipinski definition) is 3. The van der Waals surface area contributed by atoms with Crippen molar-refractivity contribution in [3.63, 3.8) is 0 Å². The monoisotopic (exact) mass is 369 g/mol. The van der Waals surface area contributed by atoms with Crippen LogP contribution in [0.2, 0.25) is 5.02 Å². The maximum absolute atomic E-state index is 12.7. The lowest BCUT2D eigenvalue weighted by Gasteiger charge is -2.35. The van der Waals surface area contributed by atoms with E-state index in [1.54, 1.807) is 17.0 Å². The summed E-state index contributed by atoms with van der Waals surface area (Å²) in [6.07, 6.45) is 3.33. The lowest BCUT2D eigenvalue weighted by Crippen LogP contribution is -2.47. The molecule has 2 aliphatic heterocycles. The molecule has 5 nitrogen and oxygen atoms in total. The van der Waals surface area contributed by atoms with Crippen LogP contribution in [0.15, 0.2) is 18.2 Å². The van der Waals surface area contributed by atoms with Crippen molar-refractivity contribution in [2.24, 2.45) is 0 Å². The normalized spacial score (nSPS) is 18.7. The summed E-state index contributed by atoms with van der Waals surface area (Å²) in [5, 5.41) is 0.200. The van der Waals surface area contributed by atoms with Crippen LogP contribution < -0.4 is 4.90 Å². The molecular weight excluding hydrogens is 349 g/mol. The third-order valence-electron chi connectivity index (χ3n) is 4.71. The van der Waals surface area contributed by atoms with Crippen molar-refractivity contribution in [1.29, 1.82) is 0 Å². The second-order valence-electron chi connectivity index (χ2n) is 6.25. The lowest BCUT2D eigenvalue weighted by atomic mass is 10.1. The highest BCUT2D eigenvalue weighted by Crippen LogP contribution is 2.29. The van der Waals surface area contributed by atoms with Crippen molar-refractivity contribution >= 4 is 40.2 Å². The van der Waals surface area contributed by atoms with Gasteiger partial charge < -0.3 is 14.7 Å². The molecule has 0 spiro atoms. The molecule has 2 amide bonds. The second kappa shape index (κ2) is 7.62. The van der Waals surface area contributed by atoms with Gasteiger partial charge in [0.25, 0.3) is 5.91 Å². The summed E-state index contributed by atoms with van der Waals surface area (Å²) in [6, 6.07) is 5.45. The number of piperazine rings is 1. The number of benzene rings is 1. The van der Waals surface area contributed by atoms with Gasteiger partial charge in [-0.2, -0.15) is 0 Å². The number of halogens is 2. The van der Waals surface area contributed by atoms with Gasteiger partial charge in [0.1, 0.15) is 0 Å². The van der Waals surface area contributed by atoms with E-state index in [0.717, 1.165) is 31.6 Å². The molecule has 0 bridgehead atoms. The van der Waals surface area contributed by atoms with Crippen molar-refractivity contribution in [2.45, 2.75) is 19.3 Å². The van der Waals surface area contributed by atoms with Crippen LogP contribution in [0.25, 0.3) is 0 Å². The van der Waals surface area contributed by atoms with Gasteiger partial charge in [0, 0.05) is 44.8 Å². The molecule has 2 aliphatic rings. The summed E-state index contributed by atoms with van der Waals surface area (Å²) in [5.74, 6) is 0.0715. The van der Waals surface area contributed by atoms with Gasteiger partial charge in [-0.3, -0.25) is 9.59 Å². The number of likely N-dealkylation sites (tertiary alicyclic amines) is 1. The Hall–Kier alpha value is -1.46. The summed E-state index contributed by atoms with van der Waals surface area (Å²) >= 11 is 11.9. The van der Waals surface area contributed by atoms with Crippen molar-refractivity contribution in [3.05, 3.63) is 28.8 Å². The van der Waals surface area contributed by atoms with Gasteiger partial charge in [-0.25, -0.2) is 0 Å². The van der Waals surface area contributed by atoms with Crippen LogP contribution in [-0.4, -0.2) is 60.3 Å². The quantitative estimate of drug-likeness (QED) is 0.592. The molecule has 3 rings (SSSR count). The minimum atomic E-state index is -0.422. The molecule has 0 radical (unpaired) electrons. The van der Waals surface area contributed by atoms with Crippen LogP contribution in [0.5, 0.6) is 0 Å². The summed E-state index contributed by atoms with van der Waals surface area (Å²) in [7, 11) is 0. The minimum Gasteiger partial charge on any atom is -0.367 e. The molecule has 0 aromatic heterocycles. The van der Waals surface area contributed by atoms with Gasteiger partial charge in [0.2, 0.25) is 0 Å². The fourth-order valence-corrected chi connectivity index (χ4v) is 3.70. The zero-order chi connectivity index (χ0) is 17.1. The van der Waals surface area contributed by atoms with Crippen LogP contribution in [0, 0.1) is 0 Å². The molecule has 24 heavy (non-hydrogen) atoms. The Morgan fingerprint density at radius 3 is 2.17 bits per heavy atom. The molecule has 2 saturated heterocycles. The van der Waals surface area contributed by atoms with E-state index < -0.39 is 5.37 Å². The van der Waals surface area contributed by atoms with E-state index in [2.05, 4.69) is 4.90 Å². The van der Waals surface area contributed by atoms with Crippen LogP contribution in [0.1, 0.15) is 29.6 Å². The Kier molecular flexibility index (Phi) is 5.51. The zero-order valence-corrected chi connectivity index (χ0v) is 15.0. The summed E-state index contributed by atoms with van der Waals surface area (Å²) in [5.41, 5.74) is 1.52. The zero-order valence-electron chi connectivity index (χ0n) is 13.5. The van der Waals surface area contributed by atoms with E-state index in [1.807, 2.05) is 11.0 Å². The van der Waals surface area contributed by atoms with E-state index in [-0.39, 0.29) is 5.91 Å². The van der Waals surface area contributed by atoms with E-state index in [4.69, 9.17) is 23.2 Å². The Bertz CT molecular complexity index is 624. The first-order chi connectivity index (χ1) is 11.6. The van der Waals surface area contributed by atoms with Gasteiger partial charge in [-0.05, 0) is 49.1 Å². The Morgan fingerprint density at radius 1 is 0.875 bits per heavy atom. The Balaban J connectivity index is 1.74. The number of carbonyl (C=O) groups is 2. The average molecular weight is 370 g/mol.